The van der Waals surface area contributed by atoms with Gasteiger partial charge in [0.25, 0.3) is 0 Å². The second-order valence-electron chi connectivity index (χ2n) is 5.91. The van der Waals surface area contributed by atoms with E-state index < -0.39 is 0 Å². The van der Waals surface area contributed by atoms with Crippen molar-refractivity contribution in [3.8, 4) is 0 Å². The number of anilines is 2. The Labute approximate surface area is 129 Å². The summed E-state index contributed by atoms with van der Waals surface area (Å²) in [6.07, 6.45) is 10.4. The predicted molar refractivity (Wildman–Crippen MR) is 90.1 cm³/mol. The van der Waals surface area contributed by atoms with Crippen LogP contribution in [0.25, 0.3) is 0 Å². The van der Waals surface area contributed by atoms with Crippen LogP contribution in [-0.2, 0) is 6.42 Å². The van der Waals surface area contributed by atoms with E-state index in [9.17, 15) is 0 Å². The molecular weight excluding hydrogens is 260 g/mol. The third-order valence-corrected chi connectivity index (χ3v) is 4.39. The summed E-state index contributed by atoms with van der Waals surface area (Å²) >= 11 is 0. The van der Waals surface area contributed by atoms with Crippen molar-refractivity contribution in [3.63, 3.8) is 0 Å². The van der Waals surface area contributed by atoms with Crippen LogP contribution in [-0.4, -0.2) is 29.1 Å². The second-order valence-corrected chi connectivity index (χ2v) is 5.91. The molecule has 21 heavy (non-hydrogen) atoms. The zero-order valence-electron chi connectivity index (χ0n) is 13.9. The Hall–Kier alpha value is -1.32. The SMILES string of the molecule is CCCc1c(NCC)ncnc1N1CCCCCC1CC. The monoisotopic (exact) mass is 290 g/mol. The number of rotatable bonds is 6. The highest BCUT2D eigenvalue weighted by Gasteiger charge is 2.24. The van der Waals surface area contributed by atoms with Gasteiger partial charge in [-0.15, -0.1) is 0 Å². The lowest BCUT2D eigenvalue weighted by molar-refractivity contribution is 0.550. The largest absolute Gasteiger partial charge is 0.370 e. The van der Waals surface area contributed by atoms with Crippen LogP contribution in [0.5, 0.6) is 0 Å². The number of nitrogens with one attached hydrogen (secondary N) is 1. The molecule has 1 unspecified atom stereocenters. The normalized spacial score (nSPS) is 19.4. The molecule has 1 fully saturated rings. The highest BCUT2D eigenvalue weighted by atomic mass is 15.2. The minimum atomic E-state index is 0.632. The van der Waals surface area contributed by atoms with Gasteiger partial charge in [-0.05, 0) is 32.6 Å². The smallest absolute Gasteiger partial charge is 0.137 e. The molecule has 0 spiro atoms. The number of hydrogen-bond donors (Lipinski definition) is 1. The van der Waals surface area contributed by atoms with Crippen LogP contribution in [0.2, 0.25) is 0 Å². The molecule has 118 valence electrons. The van der Waals surface area contributed by atoms with E-state index in [0.717, 1.165) is 31.7 Å². The first-order valence-electron chi connectivity index (χ1n) is 8.66. The lowest BCUT2D eigenvalue weighted by Crippen LogP contribution is -2.36. The molecule has 0 aromatic carbocycles. The third-order valence-electron chi connectivity index (χ3n) is 4.39. The van der Waals surface area contributed by atoms with E-state index in [4.69, 9.17) is 0 Å². The van der Waals surface area contributed by atoms with Gasteiger partial charge in [0.2, 0.25) is 0 Å². The summed E-state index contributed by atoms with van der Waals surface area (Å²) in [6, 6.07) is 0.632. The summed E-state index contributed by atoms with van der Waals surface area (Å²) in [5.74, 6) is 2.21. The van der Waals surface area contributed by atoms with Gasteiger partial charge < -0.3 is 10.2 Å². The molecule has 1 aliphatic rings. The first-order chi connectivity index (χ1) is 10.3. The molecular formula is C17H30N4. The lowest BCUT2D eigenvalue weighted by Gasteiger charge is -2.32. The quantitative estimate of drug-likeness (QED) is 0.859. The van der Waals surface area contributed by atoms with Crippen LogP contribution in [0, 0.1) is 0 Å². The third kappa shape index (κ3) is 3.86. The van der Waals surface area contributed by atoms with Crippen molar-refractivity contribution < 1.29 is 0 Å². The van der Waals surface area contributed by atoms with Gasteiger partial charge in [-0.1, -0.05) is 33.1 Å². The van der Waals surface area contributed by atoms with Gasteiger partial charge in [0.05, 0.1) is 0 Å². The molecule has 1 N–H and O–H groups in total. The maximum Gasteiger partial charge on any atom is 0.137 e. The van der Waals surface area contributed by atoms with E-state index in [1.807, 2.05) is 0 Å². The molecule has 0 aliphatic carbocycles. The van der Waals surface area contributed by atoms with Crippen LogP contribution < -0.4 is 10.2 Å². The van der Waals surface area contributed by atoms with Crippen molar-refractivity contribution in [1.82, 2.24) is 9.97 Å². The van der Waals surface area contributed by atoms with Crippen LogP contribution in [0.1, 0.15) is 64.9 Å². The van der Waals surface area contributed by atoms with Crippen molar-refractivity contribution in [2.24, 2.45) is 0 Å². The maximum atomic E-state index is 4.68. The Morgan fingerprint density at radius 2 is 2.05 bits per heavy atom. The topological polar surface area (TPSA) is 41.1 Å². The first kappa shape index (κ1) is 16.1. The van der Waals surface area contributed by atoms with Gasteiger partial charge in [-0.3, -0.25) is 0 Å². The number of aromatic nitrogens is 2. The highest BCUT2D eigenvalue weighted by Crippen LogP contribution is 2.30. The summed E-state index contributed by atoms with van der Waals surface area (Å²) in [5.41, 5.74) is 1.31. The molecule has 1 saturated heterocycles. The van der Waals surface area contributed by atoms with Crippen LogP contribution >= 0.6 is 0 Å². The van der Waals surface area contributed by atoms with Gasteiger partial charge in [0.15, 0.2) is 0 Å². The molecule has 0 bridgehead atoms. The van der Waals surface area contributed by atoms with E-state index in [-0.39, 0.29) is 0 Å². The fraction of sp³-hybridized carbons (Fsp3) is 0.765. The summed E-state index contributed by atoms with van der Waals surface area (Å²) in [4.78, 5) is 11.7. The molecule has 1 atom stereocenters. The summed E-state index contributed by atoms with van der Waals surface area (Å²) < 4.78 is 0. The van der Waals surface area contributed by atoms with Crippen LogP contribution in [0.4, 0.5) is 11.6 Å². The van der Waals surface area contributed by atoms with E-state index in [1.54, 1.807) is 6.33 Å². The Morgan fingerprint density at radius 3 is 2.76 bits per heavy atom. The Kier molecular flexibility index (Phi) is 6.27. The number of nitrogens with zero attached hydrogens (tertiary/aromatic N) is 3. The highest BCUT2D eigenvalue weighted by molar-refractivity contribution is 5.59. The first-order valence-corrected chi connectivity index (χ1v) is 8.66. The molecule has 4 heteroatoms. The van der Waals surface area contributed by atoms with E-state index >= 15 is 0 Å². The van der Waals surface area contributed by atoms with Gasteiger partial charge in [-0.2, -0.15) is 0 Å². The molecule has 0 saturated carbocycles. The number of hydrogen-bond acceptors (Lipinski definition) is 4. The summed E-state index contributed by atoms with van der Waals surface area (Å²) in [5, 5.41) is 3.41. The van der Waals surface area contributed by atoms with Crippen LogP contribution in [0.3, 0.4) is 0 Å². The van der Waals surface area contributed by atoms with Crippen molar-refractivity contribution in [2.75, 3.05) is 23.3 Å². The fourth-order valence-corrected chi connectivity index (χ4v) is 3.33. The molecule has 1 aromatic heterocycles. The minimum Gasteiger partial charge on any atom is -0.370 e. The summed E-state index contributed by atoms with van der Waals surface area (Å²) in [7, 11) is 0. The van der Waals surface area contributed by atoms with Gasteiger partial charge in [-0.25, -0.2) is 9.97 Å². The average molecular weight is 290 g/mol. The molecule has 1 aliphatic heterocycles. The minimum absolute atomic E-state index is 0.632. The van der Waals surface area contributed by atoms with Gasteiger partial charge in [0, 0.05) is 24.7 Å². The molecule has 0 radical (unpaired) electrons. The summed E-state index contributed by atoms with van der Waals surface area (Å²) in [6.45, 7) is 8.70. The van der Waals surface area contributed by atoms with E-state index in [2.05, 4.69) is 41.0 Å². The zero-order valence-corrected chi connectivity index (χ0v) is 13.9. The van der Waals surface area contributed by atoms with Crippen molar-refractivity contribution in [1.29, 1.82) is 0 Å². The second kappa shape index (κ2) is 8.20. The Morgan fingerprint density at radius 1 is 1.19 bits per heavy atom. The van der Waals surface area contributed by atoms with Crippen molar-refractivity contribution in [2.45, 2.75) is 71.8 Å². The standard InChI is InChI=1S/C17H30N4/c1-4-10-15-16(18-6-3)19-13-20-17(15)21-12-9-7-8-11-14(21)5-2/h13-14H,4-12H2,1-3H3,(H,18,19,20). The van der Waals surface area contributed by atoms with Gasteiger partial charge >= 0.3 is 0 Å². The maximum absolute atomic E-state index is 4.68. The fourth-order valence-electron chi connectivity index (χ4n) is 3.33. The predicted octanol–water partition coefficient (Wildman–Crippen LogP) is 4.02. The van der Waals surface area contributed by atoms with Crippen molar-refractivity contribution >= 4 is 11.6 Å². The zero-order chi connectivity index (χ0) is 15.1. The molecule has 1 aromatic rings. The Balaban J connectivity index is 2.37. The van der Waals surface area contributed by atoms with Crippen molar-refractivity contribution in [3.05, 3.63) is 11.9 Å². The van der Waals surface area contributed by atoms with Gasteiger partial charge in [0.1, 0.15) is 18.0 Å². The molecule has 0 amide bonds. The molecule has 2 heterocycles. The average Bonchev–Trinajstić information content (AvgIpc) is 2.74. The molecule has 2 rings (SSSR count). The van der Waals surface area contributed by atoms with E-state index in [0.29, 0.717) is 6.04 Å². The Bertz CT molecular complexity index is 433. The molecule has 4 nitrogen and oxygen atoms in total. The lowest BCUT2D eigenvalue weighted by atomic mass is 10.1. The van der Waals surface area contributed by atoms with Crippen LogP contribution in [0.15, 0.2) is 6.33 Å². The van der Waals surface area contributed by atoms with E-state index in [1.165, 1.54) is 43.5 Å².